The van der Waals surface area contributed by atoms with Gasteiger partial charge in [-0.2, -0.15) is 0 Å². The van der Waals surface area contributed by atoms with Gasteiger partial charge >= 0.3 is 0 Å². The van der Waals surface area contributed by atoms with Crippen LogP contribution in [-0.2, 0) is 15.0 Å². The third-order valence-corrected chi connectivity index (χ3v) is 4.52. The summed E-state index contributed by atoms with van der Waals surface area (Å²) in [5, 5.41) is 2.82. The first-order chi connectivity index (χ1) is 11.6. The summed E-state index contributed by atoms with van der Waals surface area (Å²) in [5.41, 5.74) is 6.52. The van der Waals surface area contributed by atoms with E-state index in [1.807, 2.05) is 42.5 Å². The SMILES string of the molecule is COc1ccc(C2(C(=O)NC(C(N)=O)c3ccccc3)CC2)cc1. The van der Waals surface area contributed by atoms with Crippen molar-refractivity contribution in [1.29, 1.82) is 0 Å². The average Bonchev–Trinajstić information content (AvgIpc) is 3.42. The molecule has 2 aromatic rings. The van der Waals surface area contributed by atoms with E-state index in [1.165, 1.54) is 0 Å². The molecule has 0 radical (unpaired) electrons. The first-order valence-electron chi connectivity index (χ1n) is 7.86. The summed E-state index contributed by atoms with van der Waals surface area (Å²) in [4.78, 5) is 24.6. The molecule has 0 aromatic heterocycles. The molecule has 0 heterocycles. The number of ether oxygens (including phenoxy) is 1. The summed E-state index contributed by atoms with van der Waals surface area (Å²) in [6.07, 6.45) is 1.51. The molecule has 0 aliphatic heterocycles. The van der Waals surface area contributed by atoms with Gasteiger partial charge in [0.25, 0.3) is 0 Å². The molecule has 0 saturated heterocycles. The maximum Gasteiger partial charge on any atom is 0.244 e. The molecule has 0 bridgehead atoms. The predicted molar refractivity (Wildman–Crippen MR) is 90.4 cm³/mol. The van der Waals surface area contributed by atoms with Crippen molar-refractivity contribution in [3.05, 3.63) is 65.7 Å². The smallest absolute Gasteiger partial charge is 0.244 e. The minimum Gasteiger partial charge on any atom is -0.497 e. The highest BCUT2D eigenvalue weighted by Gasteiger charge is 2.51. The Hall–Kier alpha value is -2.82. The predicted octanol–water partition coefficient (Wildman–Crippen LogP) is 2.07. The molecule has 1 unspecified atom stereocenters. The topological polar surface area (TPSA) is 81.4 Å². The Morgan fingerprint density at radius 3 is 2.21 bits per heavy atom. The fraction of sp³-hybridized carbons (Fsp3) is 0.263. The van der Waals surface area contributed by atoms with Crippen LogP contribution in [0.25, 0.3) is 0 Å². The van der Waals surface area contributed by atoms with Gasteiger partial charge in [0.15, 0.2) is 0 Å². The monoisotopic (exact) mass is 324 g/mol. The third kappa shape index (κ3) is 2.97. The lowest BCUT2D eigenvalue weighted by atomic mass is 9.94. The van der Waals surface area contributed by atoms with Gasteiger partial charge in [-0.1, -0.05) is 42.5 Å². The van der Waals surface area contributed by atoms with Crippen LogP contribution in [0, 0.1) is 0 Å². The van der Waals surface area contributed by atoms with Crippen LogP contribution in [0.1, 0.15) is 30.0 Å². The Morgan fingerprint density at radius 1 is 1.08 bits per heavy atom. The van der Waals surface area contributed by atoms with E-state index in [2.05, 4.69) is 5.32 Å². The number of carbonyl (C=O) groups is 2. The summed E-state index contributed by atoms with van der Waals surface area (Å²) in [7, 11) is 1.60. The van der Waals surface area contributed by atoms with E-state index in [9.17, 15) is 9.59 Å². The number of benzene rings is 2. The van der Waals surface area contributed by atoms with Crippen LogP contribution in [0.15, 0.2) is 54.6 Å². The molecule has 124 valence electrons. The third-order valence-electron chi connectivity index (χ3n) is 4.52. The highest BCUT2D eigenvalue weighted by atomic mass is 16.5. The molecule has 3 rings (SSSR count). The van der Waals surface area contributed by atoms with Crippen LogP contribution < -0.4 is 15.8 Å². The van der Waals surface area contributed by atoms with Gasteiger partial charge in [-0.25, -0.2) is 0 Å². The normalized spacial score (nSPS) is 16.0. The maximum atomic E-state index is 12.8. The number of nitrogens with two attached hydrogens (primary N) is 1. The average molecular weight is 324 g/mol. The Morgan fingerprint density at radius 2 is 1.71 bits per heavy atom. The van der Waals surface area contributed by atoms with Crippen LogP contribution in [-0.4, -0.2) is 18.9 Å². The second-order valence-corrected chi connectivity index (χ2v) is 6.03. The van der Waals surface area contributed by atoms with Crippen LogP contribution in [0.5, 0.6) is 5.75 Å². The second-order valence-electron chi connectivity index (χ2n) is 6.03. The van der Waals surface area contributed by atoms with Gasteiger partial charge in [0.1, 0.15) is 11.8 Å². The molecule has 5 heteroatoms. The second kappa shape index (κ2) is 6.35. The summed E-state index contributed by atoms with van der Waals surface area (Å²) < 4.78 is 5.15. The maximum absolute atomic E-state index is 12.8. The van der Waals surface area contributed by atoms with E-state index in [1.54, 1.807) is 19.2 Å². The van der Waals surface area contributed by atoms with Gasteiger partial charge in [0, 0.05) is 0 Å². The van der Waals surface area contributed by atoms with Crippen molar-refractivity contribution in [2.24, 2.45) is 5.73 Å². The summed E-state index contributed by atoms with van der Waals surface area (Å²) >= 11 is 0. The standard InChI is InChI=1S/C19H20N2O3/c1-24-15-9-7-14(8-10-15)19(11-12-19)18(23)21-16(17(20)22)13-5-3-2-4-6-13/h2-10,16H,11-12H2,1H3,(H2,20,22)(H,21,23). The number of primary amides is 1. The van der Waals surface area contributed by atoms with Crippen molar-refractivity contribution in [3.63, 3.8) is 0 Å². The van der Waals surface area contributed by atoms with E-state index in [0.29, 0.717) is 5.56 Å². The van der Waals surface area contributed by atoms with Crippen molar-refractivity contribution in [1.82, 2.24) is 5.32 Å². The first-order valence-corrected chi connectivity index (χ1v) is 7.86. The number of nitrogens with one attached hydrogen (secondary N) is 1. The molecule has 2 aromatic carbocycles. The highest BCUT2D eigenvalue weighted by Crippen LogP contribution is 2.49. The highest BCUT2D eigenvalue weighted by molar-refractivity contribution is 5.95. The van der Waals surface area contributed by atoms with Crippen molar-refractivity contribution in [2.75, 3.05) is 7.11 Å². The van der Waals surface area contributed by atoms with Crippen molar-refractivity contribution in [3.8, 4) is 5.75 Å². The summed E-state index contributed by atoms with van der Waals surface area (Å²) in [6.45, 7) is 0. The lowest BCUT2D eigenvalue weighted by molar-refractivity contribution is -0.129. The van der Waals surface area contributed by atoms with E-state index in [-0.39, 0.29) is 5.91 Å². The Labute approximate surface area is 140 Å². The zero-order valence-electron chi connectivity index (χ0n) is 13.5. The number of amides is 2. The minimum atomic E-state index is -0.825. The van der Waals surface area contributed by atoms with Crippen LogP contribution >= 0.6 is 0 Å². The van der Waals surface area contributed by atoms with Crippen molar-refractivity contribution < 1.29 is 14.3 Å². The lowest BCUT2D eigenvalue weighted by Crippen LogP contribution is -2.42. The molecule has 1 fully saturated rings. The molecular weight excluding hydrogens is 304 g/mol. The molecule has 5 nitrogen and oxygen atoms in total. The molecule has 3 N–H and O–H groups in total. The van der Waals surface area contributed by atoms with Crippen molar-refractivity contribution in [2.45, 2.75) is 24.3 Å². The molecule has 2 amide bonds. The number of hydrogen-bond donors (Lipinski definition) is 2. The fourth-order valence-electron chi connectivity index (χ4n) is 2.92. The van der Waals surface area contributed by atoms with E-state index in [4.69, 9.17) is 10.5 Å². The lowest BCUT2D eigenvalue weighted by Gasteiger charge is -2.21. The number of methoxy groups -OCH3 is 1. The summed E-state index contributed by atoms with van der Waals surface area (Å²) in [5.74, 6) is 0.00894. The van der Waals surface area contributed by atoms with Gasteiger partial charge in [-0.3, -0.25) is 9.59 Å². The van der Waals surface area contributed by atoms with Crippen LogP contribution in [0.2, 0.25) is 0 Å². The van der Waals surface area contributed by atoms with Crippen molar-refractivity contribution >= 4 is 11.8 Å². The largest absolute Gasteiger partial charge is 0.497 e. The Balaban J connectivity index is 1.81. The van der Waals surface area contributed by atoms with Gasteiger partial charge in [-0.15, -0.1) is 0 Å². The van der Waals surface area contributed by atoms with Crippen LogP contribution in [0.4, 0.5) is 0 Å². The number of hydrogen-bond acceptors (Lipinski definition) is 3. The Kier molecular flexibility index (Phi) is 4.25. The van der Waals surface area contributed by atoms with E-state index < -0.39 is 17.4 Å². The van der Waals surface area contributed by atoms with Gasteiger partial charge in [-0.05, 0) is 36.1 Å². The molecule has 1 saturated carbocycles. The number of rotatable bonds is 6. The summed E-state index contributed by atoms with van der Waals surface area (Å²) in [6, 6.07) is 15.7. The minimum absolute atomic E-state index is 0.166. The molecule has 0 spiro atoms. The zero-order valence-corrected chi connectivity index (χ0v) is 13.5. The Bertz CT molecular complexity index is 737. The van der Waals surface area contributed by atoms with Gasteiger partial charge in [0.2, 0.25) is 11.8 Å². The zero-order chi connectivity index (χ0) is 17.2. The fourth-order valence-corrected chi connectivity index (χ4v) is 2.92. The van der Waals surface area contributed by atoms with Gasteiger partial charge < -0.3 is 15.8 Å². The quantitative estimate of drug-likeness (QED) is 0.853. The molecule has 1 aliphatic carbocycles. The van der Waals surface area contributed by atoms with Crippen LogP contribution in [0.3, 0.4) is 0 Å². The van der Waals surface area contributed by atoms with E-state index >= 15 is 0 Å². The molecule has 24 heavy (non-hydrogen) atoms. The molecule has 1 atom stereocenters. The first kappa shape index (κ1) is 16.1. The molecule has 1 aliphatic rings. The van der Waals surface area contributed by atoms with Gasteiger partial charge in [0.05, 0.1) is 12.5 Å². The van der Waals surface area contributed by atoms with E-state index in [0.717, 1.165) is 24.2 Å². The number of carbonyl (C=O) groups excluding carboxylic acids is 2. The molecular formula is C19H20N2O3.